The molecule has 2 atom stereocenters. The Balaban J connectivity index is 1.65. The number of hydrogen-bond acceptors (Lipinski definition) is 2. The lowest BCUT2D eigenvalue weighted by Gasteiger charge is -2.19. The van der Waals surface area contributed by atoms with Crippen molar-refractivity contribution in [1.29, 1.82) is 0 Å². The van der Waals surface area contributed by atoms with E-state index in [4.69, 9.17) is 16.3 Å². The van der Waals surface area contributed by atoms with Gasteiger partial charge in [0, 0.05) is 17.1 Å². The number of benzene rings is 2. The highest BCUT2D eigenvalue weighted by molar-refractivity contribution is 6.30. The van der Waals surface area contributed by atoms with Crippen molar-refractivity contribution < 1.29 is 4.74 Å². The number of halogens is 1. The van der Waals surface area contributed by atoms with E-state index in [-0.39, 0.29) is 0 Å². The van der Waals surface area contributed by atoms with Crippen LogP contribution in [-0.2, 0) is 12.8 Å². The van der Waals surface area contributed by atoms with Crippen molar-refractivity contribution in [1.82, 2.24) is 5.32 Å². The maximum Gasteiger partial charge on any atom is 0.118 e. The Bertz CT molecular complexity index is 624. The molecular weight excluding hydrogens is 282 g/mol. The van der Waals surface area contributed by atoms with Gasteiger partial charge in [0.25, 0.3) is 0 Å². The van der Waals surface area contributed by atoms with E-state index in [1.165, 1.54) is 16.7 Å². The predicted molar refractivity (Wildman–Crippen MR) is 87.2 cm³/mol. The second-order valence-corrected chi connectivity index (χ2v) is 6.12. The Labute approximate surface area is 131 Å². The van der Waals surface area contributed by atoms with E-state index >= 15 is 0 Å². The van der Waals surface area contributed by atoms with Crippen molar-refractivity contribution in [3.05, 3.63) is 64.2 Å². The van der Waals surface area contributed by atoms with Gasteiger partial charge in [-0.3, -0.25) is 0 Å². The van der Waals surface area contributed by atoms with Gasteiger partial charge in [-0.25, -0.2) is 0 Å². The molecule has 0 amide bonds. The van der Waals surface area contributed by atoms with Crippen LogP contribution in [0.5, 0.6) is 5.75 Å². The number of fused-ring (bicyclic) bond motifs is 1. The fourth-order valence-electron chi connectivity index (χ4n) is 3.05. The smallest absolute Gasteiger partial charge is 0.118 e. The molecule has 2 aromatic carbocycles. The summed E-state index contributed by atoms with van der Waals surface area (Å²) in [5.41, 5.74) is 4.07. The fourth-order valence-corrected chi connectivity index (χ4v) is 3.24. The van der Waals surface area contributed by atoms with Crippen LogP contribution in [0.1, 0.15) is 29.7 Å². The zero-order valence-electron chi connectivity index (χ0n) is 12.4. The molecule has 0 radical (unpaired) electrons. The Hall–Kier alpha value is -1.51. The van der Waals surface area contributed by atoms with Gasteiger partial charge in [-0.2, -0.15) is 0 Å². The highest BCUT2D eigenvalue weighted by Crippen LogP contribution is 2.27. The molecule has 0 saturated carbocycles. The monoisotopic (exact) mass is 301 g/mol. The second kappa shape index (κ2) is 6.08. The standard InChI is InChI=1S/C18H20ClNO/c1-12(13-4-7-18(21-2)8-5-13)20-17-10-14-3-6-16(19)9-15(14)11-17/h3-9,12,17,20H,10-11H2,1-2H3/t12-,17?/m0/s1. The van der Waals surface area contributed by atoms with Crippen LogP contribution in [0.3, 0.4) is 0 Å². The molecule has 1 aliphatic rings. The van der Waals surface area contributed by atoms with Crippen LogP contribution in [-0.4, -0.2) is 13.2 Å². The summed E-state index contributed by atoms with van der Waals surface area (Å²) in [6.45, 7) is 2.21. The maximum atomic E-state index is 6.07. The van der Waals surface area contributed by atoms with Crippen molar-refractivity contribution in [3.63, 3.8) is 0 Å². The first kappa shape index (κ1) is 14.4. The molecule has 1 N–H and O–H groups in total. The zero-order chi connectivity index (χ0) is 14.8. The predicted octanol–water partition coefficient (Wildman–Crippen LogP) is 4.17. The molecule has 0 spiro atoms. The molecule has 3 heteroatoms. The number of ether oxygens (including phenoxy) is 1. The Kier molecular flexibility index (Phi) is 4.18. The van der Waals surface area contributed by atoms with E-state index in [9.17, 15) is 0 Å². The van der Waals surface area contributed by atoms with Crippen molar-refractivity contribution in [2.45, 2.75) is 31.8 Å². The Morgan fingerprint density at radius 2 is 1.81 bits per heavy atom. The average Bonchev–Trinajstić information content (AvgIpc) is 2.88. The minimum atomic E-state index is 0.325. The summed E-state index contributed by atoms with van der Waals surface area (Å²) in [4.78, 5) is 0. The molecule has 0 saturated heterocycles. The van der Waals surface area contributed by atoms with Crippen molar-refractivity contribution in [2.24, 2.45) is 0 Å². The summed E-state index contributed by atoms with van der Waals surface area (Å²) in [6, 6.07) is 15.3. The van der Waals surface area contributed by atoms with Gasteiger partial charge in [-0.15, -0.1) is 0 Å². The van der Waals surface area contributed by atoms with Gasteiger partial charge in [0.05, 0.1) is 7.11 Å². The molecule has 0 fully saturated rings. The lowest BCUT2D eigenvalue weighted by molar-refractivity contribution is 0.414. The summed E-state index contributed by atoms with van der Waals surface area (Å²) in [5.74, 6) is 0.897. The lowest BCUT2D eigenvalue weighted by atomic mass is 10.1. The first-order valence-electron chi connectivity index (χ1n) is 7.33. The van der Waals surface area contributed by atoms with Crippen LogP contribution in [0, 0.1) is 0 Å². The summed E-state index contributed by atoms with van der Waals surface area (Å²) in [7, 11) is 1.69. The molecule has 1 aliphatic carbocycles. The lowest BCUT2D eigenvalue weighted by Crippen LogP contribution is -2.32. The third-order valence-electron chi connectivity index (χ3n) is 4.20. The average molecular weight is 302 g/mol. The summed E-state index contributed by atoms with van der Waals surface area (Å²) in [5, 5.41) is 4.55. The minimum Gasteiger partial charge on any atom is -0.497 e. The van der Waals surface area contributed by atoms with E-state index in [2.05, 4.69) is 36.5 Å². The van der Waals surface area contributed by atoms with E-state index in [1.807, 2.05) is 18.2 Å². The van der Waals surface area contributed by atoms with Crippen LogP contribution in [0.4, 0.5) is 0 Å². The molecular formula is C18H20ClNO. The molecule has 0 heterocycles. The highest BCUT2D eigenvalue weighted by atomic mass is 35.5. The zero-order valence-corrected chi connectivity index (χ0v) is 13.2. The summed E-state index contributed by atoms with van der Waals surface area (Å²) >= 11 is 6.07. The molecule has 110 valence electrons. The third-order valence-corrected chi connectivity index (χ3v) is 4.44. The number of hydrogen-bond donors (Lipinski definition) is 1. The van der Waals surface area contributed by atoms with Gasteiger partial charge in [-0.1, -0.05) is 29.8 Å². The summed E-state index contributed by atoms with van der Waals surface area (Å²) < 4.78 is 5.20. The van der Waals surface area contributed by atoms with Gasteiger partial charge in [-0.05, 0) is 60.7 Å². The maximum absolute atomic E-state index is 6.07. The Morgan fingerprint density at radius 3 is 2.52 bits per heavy atom. The quantitative estimate of drug-likeness (QED) is 0.915. The van der Waals surface area contributed by atoms with Crippen molar-refractivity contribution in [2.75, 3.05) is 7.11 Å². The van der Waals surface area contributed by atoms with Crippen LogP contribution in [0.25, 0.3) is 0 Å². The molecule has 2 nitrogen and oxygen atoms in total. The van der Waals surface area contributed by atoms with Crippen LogP contribution in [0.2, 0.25) is 5.02 Å². The molecule has 2 aromatic rings. The van der Waals surface area contributed by atoms with Crippen LogP contribution < -0.4 is 10.1 Å². The second-order valence-electron chi connectivity index (χ2n) is 5.68. The van der Waals surface area contributed by atoms with Gasteiger partial charge < -0.3 is 10.1 Å². The molecule has 0 bridgehead atoms. The minimum absolute atomic E-state index is 0.325. The van der Waals surface area contributed by atoms with Crippen molar-refractivity contribution in [3.8, 4) is 5.75 Å². The largest absolute Gasteiger partial charge is 0.497 e. The van der Waals surface area contributed by atoms with E-state index < -0.39 is 0 Å². The molecule has 21 heavy (non-hydrogen) atoms. The fraction of sp³-hybridized carbons (Fsp3) is 0.333. The SMILES string of the molecule is COc1ccc([C@H](C)NC2Cc3ccc(Cl)cc3C2)cc1. The van der Waals surface area contributed by atoms with Crippen LogP contribution >= 0.6 is 11.6 Å². The van der Waals surface area contributed by atoms with Gasteiger partial charge in [0.15, 0.2) is 0 Å². The third kappa shape index (κ3) is 3.22. The Morgan fingerprint density at radius 1 is 1.10 bits per heavy atom. The summed E-state index contributed by atoms with van der Waals surface area (Å²) in [6.07, 6.45) is 2.13. The highest BCUT2D eigenvalue weighted by Gasteiger charge is 2.23. The normalized spacial score (nSPS) is 18.3. The van der Waals surface area contributed by atoms with Gasteiger partial charge in [0.2, 0.25) is 0 Å². The molecule has 0 aromatic heterocycles. The van der Waals surface area contributed by atoms with E-state index in [0.29, 0.717) is 12.1 Å². The first-order chi connectivity index (χ1) is 10.2. The number of rotatable bonds is 4. The van der Waals surface area contributed by atoms with E-state index in [1.54, 1.807) is 7.11 Å². The van der Waals surface area contributed by atoms with Crippen LogP contribution in [0.15, 0.2) is 42.5 Å². The van der Waals surface area contributed by atoms with Gasteiger partial charge in [0.1, 0.15) is 5.75 Å². The number of methoxy groups -OCH3 is 1. The van der Waals surface area contributed by atoms with E-state index in [0.717, 1.165) is 23.6 Å². The molecule has 1 unspecified atom stereocenters. The topological polar surface area (TPSA) is 21.3 Å². The molecule has 0 aliphatic heterocycles. The van der Waals surface area contributed by atoms with Gasteiger partial charge >= 0.3 is 0 Å². The molecule has 3 rings (SSSR count). The number of nitrogens with one attached hydrogen (secondary N) is 1. The van der Waals surface area contributed by atoms with Crippen molar-refractivity contribution >= 4 is 11.6 Å². The first-order valence-corrected chi connectivity index (χ1v) is 7.71.